The Balaban J connectivity index is 2.01. The second-order valence-corrected chi connectivity index (χ2v) is 4.33. The summed E-state index contributed by atoms with van der Waals surface area (Å²) in [5.74, 6) is 0.326. The molecule has 0 unspecified atom stereocenters. The lowest BCUT2D eigenvalue weighted by Crippen LogP contribution is -2.22. The van der Waals surface area contributed by atoms with E-state index >= 15 is 0 Å². The zero-order valence-electron chi connectivity index (χ0n) is 10.6. The fourth-order valence-corrected chi connectivity index (χ4v) is 1.94. The molecule has 0 spiro atoms. The van der Waals surface area contributed by atoms with Gasteiger partial charge in [0.15, 0.2) is 0 Å². The lowest BCUT2D eigenvalue weighted by atomic mass is 10.2. The molecule has 94 valence electrons. The first kappa shape index (κ1) is 12.6. The second-order valence-electron chi connectivity index (χ2n) is 4.33. The van der Waals surface area contributed by atoms with Crippen LogP contribution in [-0.2, 0) is 13.1 Å². The summed E-state index contributed by atoms with van der Waals surface area (Å²) >= 11 is 0. The Morgan fingerprint density at radius 2 is 1.78 bits per heavy atom. The number of phenolic OH excluding ortho intramolecular Hbond substituents is 1. The molecule has 1 aromatic heterocycles. The van der Waals surface area contributed by atoms with Crippen LogP contribution < -0.4 is 0 Å². The van der Waals surface area contributed by atoms with Crippen molar-refractivity contribution >= 4 is 0 Å². The molecule has 0 atom stereocenters. The Bertz CT molecular complexity index is 485. The van der Waals surface area contributed by atoms with E-state index in [9.17, 15) is 5.11 Å². The molecule has 3 nitrogen and oxygen atoms in total. The second kappa shape index (κ2) is 6.17. The van der Waals surface area contributed by atoms with Gasteiger partial charge in [-0.1, -0.05) is 19.1 Å². The van der Waals surface area contributed by atoms with Gasteiger partial charge in [-0.15, -0.1) is 0 Å². The van der Waals surface area contributed by atoms with Gasteiger partial charge < -0.3 is 5.11 Å². The molecule has 0 radical (unpaired) electrons. The van der Waals surface area contributed by atoms with Crippen LogP contribution in [0.4, 0.5) is 0 Å². The quantitative estimate of drug-likeness (QED) is 0.876. The minimum atomic E-state index is 0.326. The summed E-state index contributed by atoms with van der Waals surface area (Å²) < 4.78 is 0. The van der Waals surface area contributed by atoms with Gasteiger partial charge in [-0.2, -0.15) is 0 Å². The maximum Gasteiger partial charge on any atom is 0.115 e. The molecule has 2 aromatic rings. The fraction of sp³-hybridized carbons (Fsp3) is 0.267. The van der Waals surface area contributed by atoms with E-state index in [0.717, 1.165) is 25.2 Å². The van der Waals surface area contributed by atoms with Crippen molar-refractivity contribution in [2.24, 2.45) is 0 Å². The summed E-state index contributed by atoms with van der Waals surface area (Å²) in [6.45, 7) is 4.85. The summed E-state index contributed by atoms with van der Waals surface area (Å²) in [4.78, 5) is 6.35. The third kappa shape index (κ3) is 3.57. The summed E-state index contributed by atoms with van der Waals surface area (Å²) in [5, 5.41) is 9.46. The zero-order valence-corrected chi connectivity index (χ0v) is 10.6. The number of hydrogen-bond donors (Lipinski definition) is 1. The van der Waals surface area contributed by atoms with Gasteiger partial charge in [0.25, 0.3) is 0 Å². The number of aromatic hydroxyl groups is 1. The van der Waals surface area contributed by atoms with E-state index in [4.69, 9.17) is 0 Å². The van der Waals surface area contributed by atoms with Crippen LogP contribution in [0.15, 0.2) is 48.8 Å². The standard InChI is InChI=1S/C15H18N2O/c1-2-17(11-13-6-8-16-9-7-13)12-14-4-3-5-15(18)10-14/h3-10,18H,2,11-12H2,1H3. The number of aromatic nitrogens is 1. The minimum Gasteiger partial charge on any atom is -0.508 e. The van der Waals surface area contributed by atoms with Gasteiger partial charge in [-0.3, -0.25) is 9.88 Å². The number of rotatable bonds is 5. The highest BCUT2D eigenvalue weighted by atomic mass is 16.3. The van der Waals surface area contributed by atoms with E-state index in [1.807, 2.05) is 42.7 Å². The Morgan fingerprint density at radius 1 is 1.06 bits per heavy atom. The lowest BCUT2D eigenvalue weighted by molar-refractivity contribution is 0.271. The Morgan fingerprint density at radius 3 is 2.44 bits per heavy atom. The summed E-state index contributed by atoms with van der Waals surface area (Å²) in [6, 6.07) is 11.5. The first-order chi connectivity index (χ1) is 8.78. The van der Waals surface area contributed by atoms with Gasteiger partial charge in [0.1, 0.15) is 5.75 Å². The monoisotopic (exact) mass is 242 g/mol. The third-order valence-corrected chi connectivity index (χ3v) is 2.92. The molecule has 1 N–H and O–H groups in total. The highest BCUT2D eigenvalue weighted by molar-refractivity contribution is 5.27. The Kier molecular flexibility index (Phi) is 4.31. The van der Waals surface area contributed by atoms with Gasteiger partial charge in [0.2, 0.25) is 0 Å². The van der Waals surface area contributed by atoms with Crippen molar-refractivity contribution in [2.75, 3.05) is 6.54 Å². The normalized spacial score (nSPS) is 10.8. The number of pyridine rings is 1. The van der Waals surface area contributed by atoms with E-state index in [1.54, 1.807) is 6.07 Å². The summed E-state index contributed by atoms with van der Waals surface area (Å²) in [6.07, 6.45) is 3.63. The van der Waals surface area contributed by atoms with Crippen LogP contribution in [0.3, 0.4) is 0 Å². The van der Waals surface area contributed by atoms with Crippen molar-refractivity contribution in [2.45, 2.75) is 20.0 Å². The first-order valence-corrected chi connectivity index (χ1v) is 6.17. The highest BCUT2D eigenvalue weighted by Crippen LogP contribution is 2.14. The maximum atomic E-state index is 9.46. The molecule has 0 fully saturated rings. The predicted octanol–water partition coefficient (Wildman–Crippen LogP) is 2.81. The zero-order chi connectivity index (χ0) is 12.8. The number of phenols is 1. The van der Waals surface area contributed by atoms with Crippen LogP contribution >= 0.6 is 0 Å². The molecular formula is C15H18N2O. The molecule has 0 aliphatic heterocycles. The van der Waals surface area contributed by atoms with Gasteiger partial charge in [-0.05, 0) is 41.9 Å². The Labute approximate surface area is 108 Å². The van der Waals surface area contributed by atoms with Crippen LogP contribution in [0.2, 0.25) is 0 Å². The van der Waals surface area contributed by atoms with Crippen LogP contribution in [0.1, 0.15) is 18.1 Å². The summed E-state index contributed by atoms with van der Waals surface area (Å²) in [5.41, 5.74) is 2.39. The van der Waals surface area contributed by atoms with Gasteiger partial charge in [0, 0.05) is 25.5 Å². The molecule has 0 aliphatic rings. The summed E-state index contributed by atoms with van der Waals surface area (Å²) in [7, 11) is 0. The highest BCUT2D eigenvalue weighted by Gasteiger charge is 2.05. The maximum absolute atomic E-state index is 9.46. The lowest BCUT2D eigenvalue weighted by Gasteiger charge is -2.20. The molecule has 0 saturated heterocycles. The smallest absolute Gasteiger partial charge is 0.115 e. The van der Waals surface area contributed by atoms with Gasteiger partial charge in [-0.25, -0.2) is 0 Å². The average Bonchev–Trinajstić information content (AvgIpc) is 2.39. The molecule has 0 saturated carbocycles. The molecule has 0 aliphatic carbocycles. The number of nitrogens with zero attached hydrogens (tertiary/aromatic N) is 2. The van der Waals surface area contributed by atoms with Crippen molar-refractivity contribution < 1.29 is 5.11 Å². The van der Waals surface area contributed by atoms with E-state index in [0.29, 0.717) is 5.75 Å². The topological polar surface area (TPSA) is 36.4 Å². The van der Waals surface area contributed by atoms with Crippen molar-refractivity contribution in [1.82, 2.24) is 9.88 Å². The van der Waals surface area contributed by atoms with Gasteiger partial charge >= 0.3 is 0 Å². The molecular weight excluding hydrogens is 224 g/mol. The third-order valence-electron chi connectivity index (χ3n) is 2.92. The van der Waals surface area contributed by atoms with Crippen molar-refractivity contribution in [1.29, 1.82) is 0 Å². The minimum absolute atomic E-state index is 0.326. The van der Waals surface area contributed by atoms with Crippen molar-refractivity contribution in [3.05, 3.63) is 59.9 Å². The molecule has 1 heterocycles. The van der Waals surface area contributed by atoms with Crippen molar-refractivity contribution in [3.63, 3.8) is 0 Å². The van der Waals surface area contributed by atoms with Crippen LogP contribution in [-0.4, -0.2) is 21.5 Å². The van der Waals surface area contributed by atoms with Crippen LogP contribution in [0.5, 0.6) is 5.75 Å². The number of hydrogen-bond acceptors (Lipinski definition) is 3. The van der Waals surface area contributed by atoms with E-state index < -0.39 is 0 Å². The predicted molar refractivity (Wildman–Crippen MR) is 72.1 cm³/mol. The molecule has 2 rings (SSSR count). The largest absolute Gasteiger partial charge is 0.508 e. The SMILES string of the molecule is CCN(Cc1ccncc1)Cc1cccc(O)c1. The molecule has 18 heavy (non-hydrogen) atoms. The average molecular weight is 242 g/mol. The molecule has 3 heteroatoms. The Hall–Kier alpha value is -1.87. The van der Waals surface area contributed by atoms with Crippen LogP contribution in [0, 0.1) is 0 Å². The molecule has 0 bridgehead atoms. The molecule has 0 amide bonds. The van der Waals surface area contributed by atoms with E-state index in [-0.39, 0.29) is 0 Å². The van der Waals surface area contributed by atoms with E-state index in [1.165, 1.54) is 5.56 Å². The first-order valence-electron chi connectivity index (χ1n) is 6.17. The fourth-order valence-electron chi connectivity index (χ4n) is 1.94. The van der Waals surface area contributed by atoms with Crippen LogP contribution in [0.25, 0.3) is 0 Å². The van der Waals surface area contributed by atoms with Gasteiger partial charge in [0.05, 0.1) is 0 Å². The van der Waals surface area contributed by atoms with Crippen molar-refractivity contribution in [3.8, 4) is 5.75 Å². The molecule has 1 aromatic carbocycles. The number of benzene rings is 1. The van der Waals surface area contributed by atoms with E-state index in [2.05, 4.69) is 16.8 Å².